The number of nitro benzene ring substituents is 1. The molecule has 0 aliphatic heterocycles. The summed E-state index contributed by atoms with van der Waals surface area (Å²) in [5, 5.41) is 22.4. The van der Waals surface area contributed by atoms with Crippen molar-refractivity contribution in [2.75, 3.05) is 18.4 Å². The van der Waals surface area contributed by atoms with Gasteiger partial charge in [0, 0.05) is 12.6 Å². The molecule has 1 rings (SSSR count). The number of anilines is 1. The number of aromatic carboxylic acids is 1. The number of carbonyl (C=O) groups is 1. The second-order valence-electron chi connectivity index (χ2n) is 3.36. The number of benzene rings is 1. The van der Waals surface area contributed by atoms with Gasteiger partial charge in [0.1, 0.15) is 5.69 Å². The van der Waals surface area contributed by atoms with Gasteiger partial charge in [-0.2, -0.15) is 0 Å². The van der Waals surface area contributed by atoms with Crippen LogP contribution >= 0.6 is 0 Å². The van der Waals surface area contributed by atoms with Gasteiger partial charge in [0.25, 0.3) is 5.69 Å². The highest BCUT2D eigenvalue weighted by molar-refractivity contribution is 5.89. The highest BCUT2D eigenvalue weighted by Crippen LogP contribution is 2.25. The molecule has 0 saturated heterocycles. The molecule has 1 aromatic carbocycles. The molecule has 0 heterocycles. The highest BCUT2D eigenvalue weighted by Gasteiger charge is 2.16. The van der Waals surface area contributed by atoms with Gasteiger partial charge in [-0.05, 0) is 25.1 Å². The zero-order valence-corrected chi connectivity index (χ0v) is 9.05. The molecular formula is C10H13N3O4. The topological polar surface area (TPSA) is 118 Å². The van der Waals surface area contributed by atoms with E-state index in [1.54, 1.807) is 0 Å². The van der Waals surface area contributed by atoms with Crippen LogP contribution in [0.1, 0.15) is 16.8 Å². The second kappa shape index (κ2) is 5.80. The zero-order chi connectivity index (χ0) is 12.8. The molecule has 0 unspecified atom stereocenters. The number of hydrogen-bond donors (Lipinski definition) is 3. The fourth-order valence-corrected chi connectivity index (χ4v) is 1.29. The van der Waals surface area contributed by atoms with Crippen LogP contribution in [-0.2, 0) is 0 Å². The molecular weight excluding hydrogens is 226 g/mol. The Morgan fingerprint density at radius 1 is 1.53 bits per heavy atom. The Morgan fingerprint density at radius 3 is 2.76 bits per heavy atom. The van der Waals surface area contributed by atoms with E-state index in [0.717, 1.165) is 6.07 Å². The van der Waals surface area contributed by atoms with Gasteiger partial charge < -0.3 is 16.2 Å². The maximum Gasteiger partial charge on any atom is 0.335 e. The first-order valence-electron chi connectivity index (χ1n) is 5.02. The van der Waals surface area contributed by atoms with E-state index in [9.17, 15) is 14.9 Å². The van der Waals surface area contributed by atoms with Crippen molar-refractivity contribution in [3.63, 3.8) is 0 Å². The van der Waals surface area contributed by atoms with Gasteiger partial charge >= 0.3 is 5.97 Å². The third-order valence-electron chi connectivity index (χ3n) is 2.14. The van der Waals surface area contributed by atoms with Crippen molar-refractivity contribution >= 4 is 17.3 Å². The van der Waals surface area contributed by atoms with Crippen LogP contribution in [0.5, 0.6) is 0 Å². The SMILES string of the molecule is NCCCNc1ccc(C(=O)O)cc1[N+](=O)[O-]. The number of nitro groups is 1. The van der Waals surface area contributed by atoms with Crippen LogP contribution in [0.15, 0.2) is 18.2 Å². The summed E-state index contributed by atoms with van der Waals surface area (Å²) in [6, 6.07) is 3.74. The van der Waals surface area contributed by atoms with Gasteiger partial charge in [0.05, 0.1) is 10.5 Å². The summed E-state index contributed by atoms with van der Waals surface area (Å²) in [6.07, 6.45) is 0.678. The average Bonchev–Trinajstić information content (AvgIpc) is 2.29. The summed E-state index contributed by atoms with van der Waals surface area (Å²) in [4.78, 5) is 20.9. The van der Waals surface area contributed by atoms with Crippen molar-refractivity contribution in [3.8, 4) is 0 Å². The van der Waals surface area contributed by atoms with Crippen molar-refractivity contribution in [3.05, 3.63) is 33.9 Å². The van der Waals surface area contributed by atoms with Crippen molar-refractivity contribution in [2.45, 2.75) is 6.42 Å². The normalized spacial score (nSPS) is 9.94. The van der Waals surface area contributed by atoms with E-state index in [2.05, 4.69) is 5.32 Å². The van der Waals surface area contributed by atoms with Gasteiger partial charge in [-0.15, -0.1) is 0 Å². The van der Waals surface area contributed by atoms with Crippen LogP contribution in [-0.4, -0.2) is 29.1 Å². The lowest BCUT2D eigenvalue weighted by Gasteiger charge is -2.06. The largest absolute Gasteiger partial charge is 0.478 e. The van der Waals surface area contributed by atoms with Crippen molar-refractivity contribution in [1.29, 1.82) is 0 Å². The number of nitrogens with one attached hydrogen (secondary N) is 1. The predicted octanol–water partition coefficient (Wildman–Crippen LogP) is 1.05. The van der Waals surface area contributed by atoms with Gasteiger partial charge in [-0.3, -0.25) is 10.1 Å². The van der Waals surface area contributed by atoms with Crippen LogP contribution in [0.4, 0.5) is 11.4 Å². The van der Waals surface area contributed by atoms with Gasteiger partial charge in [0.15, 0.2) is 0 Å². The fraction of sp³-hybridized carbons (Fsp3) is 0.300. The third-order valence-corrected chi connectivity index (χ3v) is 2.14. The lowest BCUT2D eigenvalue weighted by molar-refractivity contribution is -0.384. The van der Waals surface area contributed by atoms with Crippen molar-refractivity contribution in [1.82, 2.24) is 0 Å². The van der Waals surface area contributed by atoms with Crippen LogP contribution in [0, 0.1) is 10.1 Å². The van der Waals surface area contributed by atoms with Crippen LogP contribution < -0.4 is 11.1 Å². The Morgan fingerprint density at radius 2 is 2.24 bits per heavy atom. The molecule has 0 aromatic heterocycles. The monoisotopic (exact) mass is 239 g/mol. The fourth-order valence-electron chi connectivity index (χ4n) is 1.29. The van der Waals surface area contributed by atoms with E-state index in [-0.39, 0.29) is 11.3 Å². The minimum Gasteiger partial charge on any atom is -0.478 e. The first kappa shape index (κ1) is 12.9. The van der Waals surface area contributed by atoms with E-state index in [1.807, 2.05) is 0 Å². The van der Waals surface area contributed by atoms with Crippen LogP contribution in [0.2, 0.25) is 0 Å². The molecule has 7 heteroatoms. The lowest BCUT2D eigenvalue weighted by Crippen LogP contribution is -2.10. The van der Waals surface area contributed by atoms with Gasteiger partial charge in [-0.1, -0.05) is 0 Å². The summed E-state index contributed by atoms with van der Waals surface area (Å²) in [6.45, 7) is 0.984. The van der Waals surface area contributed by atoms with E-state index in [1.165, 1.54) is 12.1 Å². The number of nitrogens with two attached hydrogens (primary N) is 1. The first-order valence-corrected chi connectivity index (χ1v) is 5.02. The second-order valence-corrected chi connectivity index (χ2v) is 3.36. The number of carboxylic acids is 1. The molecule has 0 saturated carbocycles. The maximum atomic E-state index is 10.8. The van der Waals surface area contributed by atoms with Gasteiger partial charge in [-0.25, -0.2) is 4.79 Å². The smallest absolute Gasteiger partial charge is 0.335 e. The molecule has 17 heavy (non-hydrogen) atoms. The molecule has 0 radical (unpaired) electrons. The standard InChI is InChI=1S/C10H13N3O4/c11-4-1-5-12-8-3-2-7(10(14)15)6-9(8)13(16)17/h2-3,6,12H,1,4-5,11H2,(H,14,15). The average molecular weight is 239 g/mol. The minimum atomic E-state index is -1.19. The molecule has 0 fully saturated rings. The summed E-state index contributed by atoms with van der Waals surface area (Å²) in [5.74, 6) is -1.19. The van der Waals surface area contributed by atoms with Gasteiger partial charge in [0.2, 0.25) is 0 Å². The Bertz CT molecular complexity index is 434. The number of hydrogen-bond acceptors (Lipinski definition) is 5. The lowest BCUT2D eigenvalue weighted by atomic mass is 10.1. The molecule has 0 atom stereocenters. The number of nitrogens with zero attached hydrogens (tertiary/aromatic N) is 1. The number of rotatable bonds is 6. The molecule has 0 aliphatic carbocycles. The number of carboxylic acid groups (broad SMARTS) is 1. The van der Waals surface area contributed by atoms with Crippen LogP contribution in [0.3, 0.4) is 0 Å². The Labute approximate surface area is 97.4 Å². The third kappa shape index (κ3) is 3.42. The molecule has 7 nitrogen and oxygen atoms in total. The molecule has 1 aromatic rings. The molecule has 0 amide bonds. The van der Waals surface area contributed by atoms with E-state index in [4.69, 9.17) is 10.8 Å². The zero-order valence-electron chi connectivity index (χ0n) is 9.05. The molecule has 92 valence electrons. The molecule has 0 aliphatic rings. The van der Waals surface area contributed by atoms with Crippen LogP contribution in [0.25, 0.3) is 0 Å². The Balaban J connectivity index is 2.96. The van der Waals surface area contributed by atoms with Crippen molar-refractivity contribution < 1.29 is 14.8 Å². The van der Waals surface area contributed by atoms with E-state index in [0.29, 0.717) is 25.2 Å². The summed E-state index contributed by atoms with van der Waals surface area (Å²) >= 11 is 0. The first-order chi connectivity index (χ1) is 8.06. The van der Waals surface area contributed by atoms with E-state index < -0.39 is 10.9 Å². The summed E-state index contributed by atoms with van der Waals surface area (Å²) in [5.41, 5.74) is 5.24. The molecule has 0 bridgehead atoms. The summed E-state index contributed by atoms with van der Waals surface area (Å²) < 4.78 is 0. The van der Waals surface area contributed by atoms with Crippen molar-refractivity contribution in [2.24, 2.45) is 5.73 Å². The predicted molar refractivity (Wildman–Crippen MR) is 62.2 cm³/mol. The quantitative estimate of drug-likeness (QED) is 0.388. The highest BCUT2D eigenvalue weighted by atomic mass is 16.6. The Kier molecular flexibility index (Phi) is 4.41. The minimum absolute atomic E-state index is 0.110. The molecule has 0 spiro atoms. The molecule has 4 N–H and O–H groups in total. The summed E-state index contributed by atoms with van der Waals surface area (Å²) in [7, 11) is 0. The maximum absolute atomic E-state index is 10.8. The Hall–Kier alpha value is -2.15. The van der Waals surface area contributed by atoms with E-state index >= 15 is 0 Å².